The van der Waals surface area contributed by atoms with Crippen molar-refractivity contribution >= 4 is 22.0 Å². The molecule has 0 fully saturated rings. The van der Waals surface area contributed by atoms with Gasteiger partial charge in [-0.05, 0) is 106 Å². The fourth-order valence-electron chi connectivity index (χ4n) is 4.72. The highest BCUT2D eigenvalue weighted by Crippen LogP contribution is 2.34. The van der Waals surface area contributed by atoms with Gasteiger partial charge in [0.25, 0.3) is 0 Å². The molecule has 1 aromatic carbocycles. The van der Waals surface area contributed by atoms with E-state index in [1.807, 2.05) is 42.8 Å². The second-order valence-corrected chi connectivity index (χ2v) is 9.68. The van der Waals surface area contributed by atoms with Gasteiger partial charge in [-0.15, -0.1) is 0 Å². The Morgan fingerprint density at radius 1 is 1.05 bits per heavy atom. The summed E-state index contributed by atoms with van der Waals surface area (Å²) in [6.07, 6.45) is 16.0. The highest BCUT2D eigenvalue weighted by atomic mass is 15.1. The van der Waals surface area contributed by atoms with Gasteiger partial charge < -0.3 is 9.88 Å². The molecule has 0 spiro atoms. The van der Waals surface area contributed by atoms with Crippen molar-refractivity contribution < 1.29 is 0 Å². The number of fused-ring (bicyclic) bond motifs is 1. The third-order valence-electron chi connectivity index (χ3n) is 6.72. The molecule has 2 N–H and O–H groups in total. The Bertz CT molecular complexity index is 1510. The van der Waals surface area contributed by atoms with E-state index in [4.69, 9.17) is 5.10 Å². The number of hydrogen-bond donors (Lipinski definition) is 2. The summed E-state index contributed by atoms with van der Waals surface area (Å²) in [4.78, 5) is 9.95. The Kier molecular flexibility index (Phi) is 8.72. The van der Waals surface area contributed by atoms with Gasteiger partial charge in [0.1, 0.15) is 5.69 Å². The number of pyridine rings is 1. The van der Waals surface area contributed by atoms with Gasteiger partial charge in [0, 0.05) is 29.0 Å². The van der Waals surface area contributed by atoms with Gasteiger partial charge in [0.2, 0.25) is 0 Å². The van der Waals surface area contributed by atoms with E-state index in [-0.39, 0.29) is 0 Å². The van der Waals surface area contributed by atoms with Crippen LogP contribution in [0.4, 0.5) is 0 Å². The molecular formula is C33H37N5. The molecule has 0 aliphatic heterocycles. The zero-order valence-corrected chi connectivity index (χ0v) is 22.9. The summed E-state index contributed by atoms with van der Waals surface area (Å²) in [6.45, 7) is 13.2. The van der Waals surface area contributed by atoms with Gasteiger partial charge in [0.15, 0.2) is 0 Å². The van der Waals surface area contributed by atoms with Crippen LogP contribution < -0.4 is 0 Å². The molecule has 0 aliphatic carbocycles. The van der Waals surface area contributed by atoms with Crippen molar-refractivity contribution in [2.75, 3.05) is 20.6 Å². The Hall–Kier alpha value is -4.22. The first-order valence-corrected chi connectivity index (χ1v) is 13.0. The summed E-state index contributed by atoms with van der Waals surface area (Å²) in [6, 6.07) is 12.7. The van der Waals surface area contributed by atoms with Crippen LogP contribution in [0.25, 0.3) is 33.4 Å². The van der Waals surface area contributed by atoms with Gasteiger partial charge >= 0.3 is 0 Å². The predicted octanol–water partition coefficient (Wildman–Crippen LogP) is 7.74. The molecule has 0 saturated carbocycles. The molecule has 38 heavy (non-hydrogen) atoms. The number of benzene rings is 1. The lowest BCUT2D eigenvalue weighted by molar-refractivity contribution is 0.400. The molecule has 5 heteroatoms. The first-order valence-electron chi connectivity index (χ1n) is 13.0. The minimum atomic E-state index is 0.901. The Balaban J connectivity index is 1.71. The molecule has 3 aromatic heterocycles. The summed E-state index contributed by atoms with van der Waals surface area (Å²) in [5, 5.41) is 8.99. The molecule has 0 bridgehead atoms. The molecule has 0 radical (unpaired) electrons. The van der Waals surface area contributed by atoms with E-state index in [2.05, 4.69) is 97.5 Å². The Morgan fingerprint density at radius 3 is 2.53 bits per heavy atom. The maximum absolute atomic E-state index is 4.70. The number of H-pyrrole nitrogens is 2. The van der Waals surface area contributed by atoms with Crippen molar-refractivity contribution in [1.82, 2.24) is 25.1 Å². The average Bonchev–Trinajstić information content (AvgIpc) is 3.52. The molecule has 5 nitrogen and oxygen atoms in total. The van der Waals surface area contributed by atoms with Gasteiger partial charge in [-0.3, -0.25) is 10.1 Å². The van der Waals surface area contributed by atoms with Crippen molar-refractivity contribution in [3.63, 3.8) is 0 Å². The summed E-state index contributed by atoms with van der Waals surface area (Å²) in [5.74, 6) is 0. The first-order chi connectivity index (χ1) is 18.4. The number of aromatic amines is 2. The van der Waals surface area contributed by atoms with Gasteiger partial charge in [0.05, 0.1) is 11.2 Å². The number of hydrogen-bond acceptors (Lipinski definition) is 3. The van der Waals surface area contributed by atoms with Crippen molar-refractivity contribution in [3.05, 3.63) is 120 Å². The zero-order valence-electron chi connectivity index (χ0n) is 22.9. The van der Waals surface area contributed by atoms with Crippen LogP contribution in [0.2, 0.25) is 0 Å². The molecule has 0 saturated heterocycles. The van der Waals surface area contributed by atoms with Crippen LogP contribution in [0, 0.1) is 6.92 Å². The van der Waals surface area contributed by atoms with E-state index in [1.54, 1.807) is 0 Å². The third kappa shape index (κ3) is 6.01. The largest absolute Gasteiger partial charge is 0.357 e. The molecule has 3 heterocycles. The zero-order chi connectivity index (χ0) is 27.1. The number of aryl methyl sites for hydroxylation is 1. The van der Waals surface area contributed by atoms with Crippen LogP contribution in [0.3, 0.4) is 0 Å². The third-order valence-corrected chi connectivity index (χ3v) is 6.72. The summed E-state index contributed by atoms with van der Waals surface area (Å²) in [7, 11) is 4.22. The van der Waals surface area contributed by atoms with E-state index >= 15 is 0 Å². The molecule has 4 aromatic rings. The van der Waals surface area contributed by atoms with Gasteiger partial charge in [-0.2, -0.15) is 5.10 Å². The first kappa shape index (κ1) is 26.8. The SMILES string of the molecule is C=C/C=C(/c1ccncc1)c1cc(-c2n[nH]c3ccc(C(/C=C(\C=C)CCCN(C)C)=C/C)cc23)[nH]c1C. The van der Waals surface area contributed by atoms with E-state index in [9.17, 15) is 0 Å². The van der Waals surface area contributed by atoms with Crippen molar-refractivity contribution in [2.24, 2.45) is 0 Å². The molecule has 0 amide bonds. The van der Waals surface area contributed by atoms with E-state index in [0.29, 0.717) is 0 Å². The van der Waals surface area contributed by atoms with E-state index < -0.39 is 0 Å². The molecule has 0 atom stereocenters. The summed E-state index contributed by atoms with van der Waals surface area (Å²) < 4.78 is 0. The lowest BCUT2D eigenvalue weighted by Crippen LogP contribution is -2.12. The summed E-state index contributed by atoms with van der Waals surface area (Å²) in [5.41, 5.74) is 10.8. The van der Waals surface area contributed by atoms with Crippen LogP contribution in [0.15, 0.2) is 97.9 Å². The fourth-order valence-corrected chi connectivity index (χ4v) is 4.72. The highest BCUT2D eigenvalue weighted by Gasteiger charge is 2.16. The quantitative estimate of drug-likeness (QED) is 0.206. The lowest BCUT2D eigenvalue weighted by atomic mass is 9.97. The average molecular weight is 504 g/mol. The van der Waals surface area contributed by atoms with Crippen LogP contribution in [-0.2, 0) is 0 Å². The maximum Gasteiger partial charge on any atom is 0.116 e. The van der Waals surface area contributed by atoms with Crippen LogP contribution >= 0.6 is 0 Å². The predicted molar refractivity (Wildman–Crippen MR) is 162 cm³/mol. The number of aromatic nitrogens is 4. The second kappa shape index (κ2) is 12.3. The van der Waals surface area contributed by atoms with Crippen molar-refractivity contribution in [3.8, 4) is 11.4 Å². The van der Waals surface area contributed by atoms with Crippen LogP contribution in [0.5, 0.6) is 0 Å². The minimum Gasteiger partial charge on any atom is -0.357 e. The Labute approximate surface area is 226 Å². The minimum absolute atomic E-state index is 0.901. The maximum atomic E-state index is 4.70. The standard InChI is InChI=1S/C33H37N5/c1-7-11-28(26-15-17-34-18-16-26)29-22-32(35-23(29)4)33-30-21-27(13-14-31(30)36-37-33)25(9-3)20-24(8-2)12-10-19-38(5)6/h7-9,11,13-18,20-22,35H,1-2,10,12,19H2,3-6H3,(H,36,37)/b24-20+,25-9+,28-11-. The van der Waals surface area contributed by atoms with Crippen molar-refractivity contribution in [1.29, 1.82) is 0 Å². The number of rotatable bonds is 11. The highest BCUT2D eigenvalue weighted by molar-refractivity contribution is 5.96. The number of allylic oxidation sites excluding steroid dienone is 7. The monoisotopic (exact) mass is 503 g/mol. The number of nitrogens with zero attached hydrogens (tertiary/aromatic N) is 3. The van der Waals surface area contributed by atoms with Gasteiger partial charge in [-0.25, -0.2) is 0 Å². The molecule has 0 aliphatic rings. The normalized spacial score (nSPS) is 12.9. The lowest BCUT2D eigenvalue weighted by Gasteiger charge is -2.10. The number of nitrogens with one attached hydrogen (secondary N) is 2. The second-order valence-electron chi connectivity index (χ2n) is 9.68. The van der Waals surface area contributed by atoms with Crippen LogP contribution in [0.1, 0.15) is 42.1 Å². The van der Waals surface area contributed by atoms with Crippen molar-refractivity contribution in [2.45, 2.75) is 26.7 Å². The molecule has 0 unspecified atom stereocenters. The fraction of sp³-hybridized carbons (Fsp3) is 0.212. The Morgan fingerprint density at radius 2 is 1.84 bits per heavy atom. The molecule has 194 valence electrons. The molecular weight excluding hydrogens is 466 g/mol. The van der Waals surface area contributed by atoms with Gasteiger partial charge in [-0.1, -0.05) is 49.6 Å². The topological polar surface area (TPSA) is 60.6 Å². The van der Waals surface area contributed by atoms with Crippen LogP contribution in [-0.4, -0.2) is 45.7 Å². The summed E-state index contributed by atoms with van der Waals surface area (Å²) >= 11 is 0. The van der Waals surface area contributed by atoms with E-state index in [0.717, 1.165) is 69.6 Å². The van der Waals surface area contributed by atoms with E-state index in [1.165, 1.54) is 11.1 Å². The smallest absolute Gasteiger partial charge is 0.116 e. The molecule has 4 rings (SSSR count).